The van der Waals surface area contributed by atoms with Crippen LogP contribution < -0.4 is 10.1 Å². The highest BCUT2D eigenvalue weighted by atomic mass is 16.5. The molecule has 14 heavy (non-hydrogen) atoms. The number of nitrogens with zero attached hydrogens (tertiary/aromatic N) is 1. The lowest BCUT2D eigenvalue weighted by Gasteiger charge is -2.37. The summed E-state index contributed by atoms with van der Waals surface area (Å²) in [7, 11) is 0. The van der Waals surface area contributed by atoms with Gasteiger partial charge in [0.05, 0.1) is 6.54 Å². The molecule has 1 N–H and O–H groups in total. The minimum Gasteiger partial charge on any atom is -0.482 e. The number of pyridine rings is 1. The zero-order valence-corrected chi connectivity index (χ0v) is 8.71. The van der Waals surface area contributed by atoms with Crippen LogP contribution in [-0.2, 0) is 0 Å². The zero-order valence-electron chi connectivity index (χ0n) is 8.71. The molecular weight excluding hydrogens is 176 g/mol. The van der Waals surface area contributed by atoms with Crippen LogP contribution in [0.2, 0.25) is 0 Å². The van der Waals surface area contributed by atoms with Crippen LogP contribution in [0.1, 0.15) is 26.7 Å². The lowest BCUT2D eigenvalue weighted by Crippen LogP contribution is -2.45. The summed E-state index contributed by atoms with van der Waals surface area (Å²) >= 11 is 0. The average molecular weight is 192 g/mol. The Bertz CT molecular complexity index is 321. The van der Waals surface area contributed by atoms with Gasteiger partial charge in [-0.3, -0.25) is 0 Å². The van der Waals surface area contributed by atoms with E-state index < -0.39 is 0 Å². The van der Waals surface area contributed by atoms with Crippen molar-refractivity contribution in [2.24, 2.45) is 0 Å². The monoisotopic (exact) mass is 192 g/mol. The first-order chi connectivity index (χ1) is 6.79. The van der Waals surface area contributed by atoms with Crippen molar-refractivity contribution in [3.8, 4) is 5.75 Å². The van der Waals surface area contributed by atoms with E-state index >= 15 is 0 Å². The van der Waals surface area contributed by atoms with Crippen molar-refractivity contribution >= 4 is 5.82 Å². The SMILES string of the molecule is CCC1(CC)CNc2ncccc2O1. The van der Waals surface area contributed by atoms with Crippen molar-refractivity contribution in [2.75, 3.05) is 11.9 Å². The maximum Gasteiger partial charge on any atom is 0.168 e. The summed E-state index contributed by atoms with van der Waals surface area (Å²) in [5.41, 5.74) is -0.0456. The van der Waals surface area contributed by atoms with Crippen LogP contribution in [0.4, 0.5) is 5.82 Å². The van der Waals surface area contributed by atoms with Crippen molar-refractivity contribution in [2.45, 2.75) is 32.3 Å². The highest BCUT2D eigenvalue weighted by molar-refractivity contribution is 5.52. The number of hydrogen-bond acceptors (Lipinski definition) is 3. The molecule has 0 amide bonds. The van der Waals surface area contributed by atoms with Gasteiger partial charge >= 0.3 is 0 Å². The third-order valence-electron chi connectivity index (χ3n) is 2.96. The summed E-state index contributed by atoms with van der Waals surface area (Å²) in [4.78, 5) is 4.22. The van der Waals surface area contributed by atoms with Crippen molar-refractivity contribution in [1.82, 2.24) is 4.98 Å². The lowest BCUT2D eigenvalue weighted by atomic mass is 9.96. The first-order valence-corrected chi connectivity index (χ1v) is 5.17. The first kappa shape index (κ1) is 9.31. The largest absolute Gasteiger partial charge is 0.482 e. The number of anilines is 1. The van der Waals surface area contributed by atoms with Gasteiger partial charge in [0.2, 0.25) is 0 Å². The number of fused-ring (bicyclic) bond motifs is 1. The van der Waals surface area contributed by atoms with Crippen molar-refractivity contribution in [1.29, 1.82) is 0 Å². The number of nitrogens with one attached hydrogen (secondary N) is 1. The van der Waals surface area contributed by atoms with E-state index in [0.717, 1.165) is 31.0 Å². The minimum absolute atomic E-state index is 0.0456. The second-order valence-corrected chi connectivity index (χ2v) is 3.70. The Morgan fingerprint density at radius 3 is 3.00 bits per heavy atom. The molecular formula is C11H16N2O. The molecule has 1 aliphatic heterocycles. The van der Waals surface area contributed by atoms with Gasteiger partial charge in [0.25, 0.3) is 0 Å². The van der Waals surface area contributed by atoms with Gasteiger partial charge in [-0.15, -0.1) is 0 Å². The highest BCUT2D eigenvalue weighted by Crippen LogP contribution is 2.33. The molecule has 0 unspecified atom stereocenters. The van der Waals surface area contributed by atoms with Crippen LogP contribution in [0.3, 0.4) is 0 Å². The molecule has 1 aromatic rings. The topological polar surface area (TPSA) is 34.2 Å². The predicted octanol–water partition coefficient (Wildman–Crippen LogP) is 2.44. The van der Waals surface area contributed by atoms with E-state index in [2.05, 4.69) is 24.1 Å². The van der Waals surface area contributed by atoms with Crippen LogP contribution in [-0.4, -0.2) is 17.1 Å². The van der Waals surface area contributed by atoms with Gasteiger partial charge in [0, 0.05) is 6.20 Å². The smallest absolute Gasteiger partial charge is 0.168 e. The molecule has 3 nitrogen and oxygen atoms in total. The van der Waals surface area contributed by atoms with E-state index in [-0.39, 0.29) is 5.60 Å². The van der Waals surface area contributed by atoms with Gasteiger partial charge in [-0.25, -0.2) is 4.98 Å². The van der Waals surface area contributed by atoms with Crippen LogP contribution >= 0.6 is 0 Å². The van der Waals surface area contributed by atoms with E-state index in [4.69, 9.17) is 4.74 Å². The molecule has 0 aromatic carbocycles. The van der Waals surface area contributed by atoms with Gasteiger partial charge in [0.1, 0.15) is 5.60 Å². The summed E-state index contributed by atoms with van der Waals surface area (Å²) in [5, 5.41) is 3.32. The Labute approximate surface area is 84.5 Å². The predicted molar refractivity (Wildman–Crippen MR) is 56.7 cm³/mol. The molecule has 0 bridgehead atoms. The van der Waals surface area contributed by atoms with Gasteiger partial charge in [-0.05, 0) is 25.0 Å². The molecule has 0 atom stereocenters. The van der Waals surface area contributed by atoms with Gasteiger partial charge in [-0.2, -0.15) is 0 Å². The van der Waals surface area contributed by atoms with Crippen LogP contribution in [0.25, 0.3) is 0 Å². The second-order valence-electron chi connectivity index (χ2n) is 3.70. The van der Waals surface area contributed by atoms with E-state index in [1.807, 2.05) is 12.1 Å². The Kier molecular flexibility index (Phi) is 2.32. The molecule has 1 aliphatic rings. The lowest BCUT2D eigenvalue weighted by molar-refractivity contribution is 0.0663. The Hall–Kier alpha value is -1.25. The van der Waals surface area contributed by atoms with Gasteiger partial charge < -0.3 is 10.1 Å². The van der Waals surface area contributed by atoms with Crippen LogP contribution in [0.5, 0.6) is 5.75 Å². The summed E-state index contributed by atoms with van der Waals surface area (Å²) in [5.74, 6) is 1.74. The molecule has 2 heterocycles. The normalized spacial score (nSPS) is 17.9. The standard InChI is InChI=1S/C11H16N2O/c1-3-11(4-2)8-13-10-9(14-11)6-5-7-12-10/h5-7H,3-4,8H2,1-2H3,(H,12,13). The summed E-state index contributed by atoms with van der Waals surface area (Å²) < 4.78 is 5.99. The fourth-order valence-corrected chi connectivity index (χ4v) is 1.76. The zero-order chi connectivity index (χ0) is 10.0. The number of aromatic nitrogens is 1. The van der Waals surface area contributed by atoms with E-state index in [1.54, 1.807) is 6.20 Å². The molecule has 3 heteroatoms. The molecule has 0 saturated carbocycles. The first-order valence-electron chi connectivity index (χ1n) is 5.17. The van der Waals surface area contributed by atoms with Gasteiger partial charge in [0.15, 0.2) is 11.6 Å². The van der Waals surface area contributed by atoms with Crippen LogP contribution in [0.15, 0.2) is 18.3 Å². The van der Waals surface area contributed by atoms with E-state index in [9.17, 15) is 0 Å². The number of rotatable bonds is 2. The molecule has 0 aliphatic carbocycles. The van der Waals surface area contributed by atoms with Crippen molar-refractivity contribution in [3.05, 3.63) is 18.3 Å². The maximum absolute atomic E-state index is 5.99. The third kappa shape index (κ3) is 1.43. The maximum atomic E-state index is 5.99. The Morgan fingerprint density at radius 1 is 1.50 bits per heavy atom. The molecule has 0 spiro atoms. The Morgan fingerprint density at radius 2 is 2.29 bits per heavy atom. The van der Waals surface area contributed by atoms with E-state index in [0.29, 0.717) is 0 Å². The van der Waals surface area contributed by atoms with E-state index in [1.165, 1.54) is 0 Å². The average Bonchev–Trinajstić information content (AvgIpc) is 2.28. The fraction of sp³-hybridized carbons (Fsp3) is 0.545. The molecule has 0 radical (unpaired) electrons. The molecule has 0 fully saturated rings. The fourth-order valence-electron chi connectivity index (χ4n) is 1.76. The molecule has 76 valence electrons. The highest BCUT2D eigenvalue weighted by Gasteiger charge is 2.33. The molecule has 1 aromatic heterocycles. The summed E-state index contributed by atoms with van der Waals surface area (Å²) in [6.45, 7) is 5.17. The second kappa shape index (κ2) is 3.48. The molecule has 2 rings (SSSR count). The third-order valence-corrected chi connectivity index (χ3v) is 2.96. The van der Waals surface area contributed by atoms with Crippen molar-refractivity contribution in [3.63, 3.8) is 0 Å². The summed E-state index contributed by atoms with van der Waals surface area (Å²) in [6, 6.07) is 3.87. The Balaban J connectivity index is 2.28. The summed E-state index contributed by atoms with van der Waals surface area (Å²) in [6.07, 6.45) is 3.82. The molecule has 0 saturated heterocycles. The minimum atomic E-state index is -0.0456. The quantitative estimate of drug-likeness (QED) is 0.781. The number of ether oxygens (including phenoxy) is 1. The van der Waals surface area contributed by atoms with Crippen LogP contribution in [0, 0.1) is 0 Å². The number of hydrogen-bond donors (Lipinski definition) is 1. The van der Waals surface area contributed by atoms with Crippen molar-refractivity contribution < 1.29 is 4.74 Å². The van der Waals surface area contributed by atoms with Gasteiger partial charge in [-0.1, -0.05) is 13.8 Å².